The number of aliphatic hydroxyl groups is 6. The Morgan fingerprint density at radius 1 is 0.583 bits per heavy atom. The predicted octanol–water partition coefficient (Wildman–Crippen LogP) is 7.14. The molecule has 0 heterocycles. The largest absolute Gasteiger partial charge is 0.472 e. The fourth-order valence-electron chi connectivity index (χ4n) is 6.23. The summed E-state index contributed by atoms with van der Waals surface area (Å²) in [5.74, 6) is -1.20. The van der Waals surface area contributed by atoms with Gasteiger partial charge in [-0.05, 0) is 70.6 Å². The summed E-state index contributed by atoms with van der Waals surface area (Å²) in [4.78, 5) is 35.6. The van der Waals surface area contributed by atoms with Crippen LogP contribution in [0.5, 0.6) is 0 Å². The number of allylic oxidation sites excluding steroid dienone is 9. The number of phosphoric acid groups is 1. The van der Waals surface area contributed by atoms with E-state index in [4.69, 9.17) is 18.5 Å². The van der Waals surface area contributed by atoms with Crippen molar-refractivity contribution in [1.82, 2.24) is 0 Å². The third-order valence-electron chi connectivity index (χ3n) is 9.90. The average molecular weight is 873 g/mol. The predicted molar refractivity (Wildman–Crippen MR) is 232 cm³/mol. The number of hydrogen-bond donors (Lipinski definition) is 7. The summed E-state index contributed by atoms with van der Waals surface area (Å²) >= 11 is 0. The van der Waals surface area contributed by atoms with Gasteiger partial charge in [0.1, 0.15) is 43.2 Å². The molecule has 7 N–H and O–H groups in total. The number of ether oxygens (including phenoxy) is 2. The van der Waals surface area contributed by atoms with Crippen LogP contribution in [0.3, 0.4) is 0 Å². The SMILES string of the molecule is CCCCCC/C=C\CCCCCCCC(=O)OC[C@H](COP(=O)(O)OC1[C@H](O)[C@H](O)C(O)[C@H](O)[C@H]1O)OC(=O)CCC/C=C\C/C=C\C/C=C\C/C=C\[C@H](O)CCCC. The second kappa shape index (κ2) is 35.0. The van der Waals surface area contributed by atoms with Gasteiger partial charge in [-0.1, -0.05) is 126 Å². The molecule has 0 radical (unpaired) electrons. The molecule has 9 atom stereocenters. The summed E-state index contributed by atoms with van der Waals surface area (Å²) in [6, 6.07) is 0. The third-order valence-corrected chi connectivity index (χ3v) is 10.9. The van der Waals surface area contributed by atoms with Crippen molar-refractivity contribution in [3.05, 3.63) is 60.8 Å². The Labute approximate surface area is 358 Å². The summed E-state index contributed by atoms with van der Waals surface area (Å²) in [7, 11) is -5.14. The van der Waals surface area contributed by atoms with Crippen molar-refractivity contribution in [3.63, 3.8) is 0 Å². The van der Waals surface area contributed by atoms with Gasteiger partial charge in [-0.15, -0.1) is 0 Å². The topological polar surface area (TPSA) is 230 Å². The van der Waals surface area contributed by atoms with Gasteiger partial charge in [-0.25, -0.2) is 4.57 Å². The zero-order chi connectivity index (χ0) is 44.4. The molecule has 60 heavy (non-hydrogen) atoms. The lowest BCUT2D eigenvalue weighted by molar-refractivity contribution is -0.220. The van der Waals surface area contributed by atoms with Crippen LogP contribution < -0.4 is 0 Å². The van der Waals surface area contributed by atoms with Gasteiger partial charge in [0.05, 0.1) is 12.7 Å². The first-order chi connectivity index (χ1) is 28.8. The number of unbranched alkanes of at least 4 members (excludes halogenated alkanes) is 11. The minimum atomic E-state index is -5.14. The second-order valence-corrected chi connectivity index (χ2v) is 16.8. The van der Waals surface area contributed by atoms with Crippen LogP contribution in [0.4, 0.5) is 0 Å². The Bertz CT molecular complexity index is 1300. The highest BCUT2D eigenvalue weighted by atomic mass is 31.2. The highest BCUT2D eigenvalue weighted by molar-refractivity contribution is 7.47. The summed E-state index contributed by atoms with van der Waals surface area (Å²) in [6.45, 7) is 3.05. The second-order valence-electron chi connectivity index (χ2n) is 15.4. The Kier molecular flexibility index (Phi) is 32.4. The molecule has 0 aromatic heterocycles. The van der Waals surface area contributed by atoms with E-state index in [2.05, 4.69) is 44.2 Å². The summed E-state index contributed by atoms with van der Waals surface area (Å²) in [6.07, 6.45) is 24.7. The molecule has 1 rings (SSSR count). The molecule has 1 fully saturated rings. The highest BCUT2D eigenvalue weighted by Gasteiger charge is 2.51. The van der Waals surface area contributed by atoms with Crippen molar-refractivity contribution in [2.75, 3.05) is 13.2 Å². The van der Waals surface area contributed by atoms with E-state index in [1.807, 2.05) is 30.4 Å². The number of hydrogen-bond acceptors (Lipinski definition) is 13. The minimum Gasteiger partial charge on any atom is -0.462 e. The Morgan fingerprint density at radius 2 is 1.07 bits per heavy atom. The Hall–Kier alpha value is -2.49. The molecular weight excluding hydrogens is 795 g/mol. The molecule has 1 saturated carbocycles. The lowest BCUT2D eigenvalue weighted by Crippen LogP contribution is -2.64. The van der Waals surface area contributed by atoms with Gasteiger partial charge >= 0.3 is 19.8 Å². The average Bonchev–Trinajstić information content (AvgIpc) is 3.22. The lowest BCUT2D eigenvalue weighted by atomic mass is 9.85. The molecule has 15 heteroatoms. The van der Waals surface area contributed by atoms with Gasteiger partial charge in [-0.2, -0.15) is 0 Å². The van der Waals surface area contributed by atoms with E-state index in [9.17, 15) is 49.7 Å². The van der Waals surface area contributed by atoms with Crippen LogP contribution in [0.15, 0.2) is 60.8 Å². The maximum Gasteiger partial charge on any atom is 0.472 e. The summed E-state index contributed by atoms with van der Waals surface area (Å²) in [5, 5.41) is 59.9. The molecule has 0 spiro atoms. The minimum absolute atomic E-state index is 0.0000956. The molecule has 14 nitrogen and oxygen atoms in total. The number of aliphatic hydroxyl groups excluding tert-OH is 6. The molecule has 346 valence electrons. The van der Waals surface area contributed by atoms with E-state index < -0.39 is 75.7 Å². The maximum absolute atomic E-state index is 12.8. The fourth-order valence-corrected chi connectivity index (χ4v) is 7.21. The summed E-state index contributed by atoms with van der Waals surface area (Å²) < 4.78 is 33.4. The number of carbonyl (C=O) groups is 2. The normalized spacial score (nSPS) is 23.3. The molecular formula is C45H77O14P. The Balaban J connectivity index is 2.55. The van der Waals surface area contributed by atoms with Gasteiger partial charge in [0.25, 0.3) is 0 Å². The number of carbonyl (C=O) groups excluding carboxylic acids is 2. The van der Waals surface area contributed by atoms with E-state index in [1.54, 1.807) is 0 Å². The Morgan fingerprint density at radius 3 is 1.68 bits per heavy atom. The molecule has 1 aliphatic rings. The number of esters is 2. The summed E-state index contributed by atoms with van der Waals surface area (Å²) in [5.41, 5.74) is 0. The van der Waals surface area contributed by atoms with Crippen LogP contribution in [-0.2, 0) is 32.7 Å². The van der Waals surface area contributed by atoms with Gasteiger partial charge in [0.2, 0.25) is 0 Å². The standard InChI is InChI=1S/C45H77O14P/c1-3-5-7-8-9-10-11-12-16-19-22-25-28-32-38(47)56-34-37(35-57-60(54,55)59-45-43(52)41(50)40(49)42(51)44(45)53)58-39(48)33-29-26-23-20-17-14-13-15-18-21-24-27-31-36(46)30-6-4-2/h10-11,13-14,18,20-21,23,27,31,36-37,40-46,49-53H,3-9,12,15-17,19,22,24-26,28-30,32-35H2,1-2H3,(H,54,55)/b11-10-,14-13-,21-18-,23-20-,31-27-/t36-,37-,40?,41-,42+,43-,44-,45?/m1/s1. The third kappa shape index (κ3) is 27.5. The van der Waals surface area contributed by atoms with Gasteiger partial charge < -0.3 is 45.0 Å². The molecule has 0 aliphatic heterocycles. The van der Waals surface area contributed by atoms with Crippen molar-refractivity contribution >= 4 is 19.8 Å². The van der Waals surface area contributed by atoms with E-state index in [0.29, 0.717) is 19.3 Å². The van der Waals surface area contributed by atoms with Crippen LogP contribution in [-0.4, -0.2) is 110 Å². The number of phosphoric ester groups is 1. The van der Waals surface area contributed by atoms with Crippen LogP contribution in [0, 0.1) is 0 Å². The molecule has 0 aromatic carbocycles. The first-order valence-electron chi connectivity index (χ1n) is 22.2. The maximum atomic E-state index is 12.8. The first kappa shape index (κ1) is 55.5. The highest BCUT2D eigenvalue weighted by Crippen LogP contribution is 2.47. The zero-order valence-corrected chi connectivity index (χ0v) is 37.0. The zero-order valence-electron chi connectivity index (χ0n) is 36.1. The van der Waals surface area contributed by atoms with E-state index in [1.165, 1.54) is 25.7 Å². The molecule has 1 aliphatic carbocycles. The van der Waals surface area contributed by atoms with E-state index in [-0.39, 0.29) is 18.9 Å². The molecule has 0 saturated heterocycles. The van der Waals surface area contributed by atoms with Crippen molar-refractivity contribution in [1.29, 1.82) is 0 Å². The van der Waals surface area contributed by atoms with Gasteiger partial charge in [0.15, 0.2) is 6.10 Å². The molecule has 3 unspecified atom stereocenters. The lowest BCUT2D eigenvalue weighted by Gasteiger charge is -2.41. The van der Waals surface area contributed by atoms with Crippen LogP contribution >= 0.6 is 7.82 Å². The number of rotatable bonds is 35. The first-order valence-corrected chi connectivity index (χ1v) is 23.7. The van der Waals surface area contributed by atoms with Crippen LogP contribution in [0.1, 0.15) is 149 Å². The molecule has 0 bridgehead atoms. The van der Waals surface area contributed by atoms with E-state index in [0.717, 1.165) is 77.0 Å². The van der Waals surface area contributed by atoms with E-state index >= 15 is 0 Å². The smallest absolute Gasteiger partial charge is 0.462 e. The van der Waals surface area contributed by atoms with Crippen LogP contribution in [0.25, 0.3) is 0 Å². The van der Waals surface area contributed by atoms with Crippen molar-refractivity contribution < 1.29 is 68.2 Å². The van der Waals surface area contributed by atoms with Gasteiger partial charge in [0, 0.05) is 12.8 Å². The quantitative estimate of drug-likeness (QED) is 0.0145. The van der Waals surface area contributed by atoms with Crippen molar-refractivity contribution in [2.24, 2.45) is 0 Å². The molecule has 0 aromatic rings. The van der Waals surface area contributed by atoms with Crippen LogP contribution in [0.2, 0.25) is 0 Å². The van der Waals surface area contributed by atoms with Crippen molar-refractivity contribution in [2.45, 2.75) is 198 Å². The van der Waals surface area contributed by atoms with Crippen molar-refractivity contribution in [3.8, 4) is 0 Å². The van der Waals surface area contributed by atoms with Gasteiger partial charge in [-0.3, -0.25) is 18.6 Å². The molecule has 0 amide bonds. The monoisotopic (exact) mass is 873 g/mol. The fraction of sp³-hybridized carbons (Fsp3) is 0.733.